The van der Waals surface area contributed by atoms with Gasteiger partial charge in [-0.1, -0.05) is 31.2 Å². The fourth-order valence-electron chi connectivity index (χ4n) is 3.52. The third-order valence-corrected chi connectivity index (χ3v) is 5.53. The quantitative estimate of drug-likeness (QED) is 0.121. The van der Waals surface area contributed by atoms with Crippen molar-refractivity contribution in [1.82, 2.24) is 0 Å². The van der Waals surface area contributed by atoms with Crippen LogP contribution in [-0.2, 0) is 9.53 Å². The maximum Gasteiger partial charge on any atom is 0.150 e. The van der Waals surface area contributed by atoms with Gasteiger partial charge in [0.05, 0.1) is 20.3 Å². The largest absolute Gasteiger partial charge is 0.497 e. The SMILES string of the molecule is C=CC=O.CCOc1ccc(-c2ccc(OC)cc2C)cc1.COCCCCCCOc1ccc(C=O)cc1. The molecule has 3 aromatic carbocycles. The molecule has 0 N–H and O–H groups in total. The van der Waals surface area contributed by atoms with Gasteiger partial charge in [-0.25, -0.2) is 0 Å². The van der Waals surface area contributed by atoms with Gasteiger partial charge in [0.15, 0.2) is 0 Å². The van der Waals surface area contributed by atoms with E-state index < -0.39 is 0 Å². The summed E-state index contributed by atoms with van der Waals surface area (Å²) in [6.45, 7) is 9.46. The van der Waals surface area contributed by atoms with Gasteiger partial charge >= 0.3 is 0 Å². The molecule has 210 valence electrons. The molecule has 0 saturated heterocycles. The summed E-state index contributed by atoms with van der Waals surface area (Å²) in [5, 5.41) is 0. The number of aldehydes is 2. The van der Waals surface area contributed by atoms with E-state index in [1.54, 1.807) is 26.4 Å². The Hall–Kier alpha value is -3.90. The minimum atomic E-state index is 0.639. The summed E-state index contributed by atoms with van der Waals surface area (Å²) in [4.78, 5) is 19.5. The standard InChI is InChI=1S/C16H18O2.C14H20O3.C3H4O/c1-4-18-14-7-5-13(6-8-14)16-10-9-15(17-3)11-12(16)2;1-16-10-4-2-3-5-11-17-14-8-6-13(12-15)7-9-14;1-2-3-4/h5-11H,4H2,1-3H3;6-9,12H,2-5,10-11H2,1H3;2-3H,1H2. The monoisotopic (exact) mass is 534 g/mol. The third kappa shape index (κ3) is 14.0. The molecule has 3 rings (SSSR count). The zero-order valence-corrected chi connectivity index (χ0v) is 23.7. The van der Waals surface area contributed by atoms with E-state index in [0.29, 0.717) is 18.5 Å². The second-order valence-electron chi connectivity index (χ2n) is 8.45. The van der Waals surface area contributed by atoms with Crippen molar-refractivity contribution < 1.29 is 28.5 Å². The Bertz CT molecular complexity index is 1070. The normalized spacial score (nSPS) is 9.64. The van der Waals surface area contributed by atoms with Gasteiger partial charge in [-0.15, -0.1) is 0 Å². The topological polar surface area (TPSA) is 71.1 Å². The maximum absolute atomic E-state index is 10.5. The van der Waals surface area contributed by atoms with E-state index in [2.05, 4.69) is 31.7 Å². The molecule has 0 fully saturated rings. The Labute approximate surface area is 233 Å². The van der Waals surface area contributed by atoms with Crippen LogP contribution in [0.1, 0.15) is 48.5 Å². The zero-order chi connectivity index (χ0) is 28.7. The van der Waals surface area contributed by atoms with E-state index in [-0.39, 0.29) is 0 Å². The van der Waals surface area contributed by atoms with E-state index in [4.69, 9.17) is 23.7 Å². The Morgan fingerprint density at radius 3 is 1.82 bits per heavy atom. The van der Waals surface area contributed by atoms with Gasteiger partial charge in [-0.3, -0.25) is 9.59 Å². The first-order valence-corrected chi connectivity index (χ1v) is 13.1. The number of benzene rings is 3. The van der Waals surface area contributed by atoms with Crippen molar-refractivity contribution in [2.24, 2.45) is 0 Å². The summed E-state index contributed by atoms with van der Waals surface area (Å²) in [5.41, 5.74) is 4.30. The number of carbonyl (C=O) groups excluding carboxylic acids is 2. The van der Waals surface area contributed by atoms with E-state index in [1.807, 2.05) is 43.3 Å². The molecule has 0 spiro atoms. The van der Waals surface area contributed by atoms with Crippen LogP contribution in [0.2, 0.25) is 0 Å². The first-order chi connectivity index (χ1) is 19.0. The van der Waals surface area contributed by atoms with Crippen molar-refractivity contribution in [2.75, 3.05) is 34.0 Å². The van der Waals surface area contributed by atoms with Crippen LogP contribution in [0.4, 0.5) is 0 Å². The average Bonchev–Trinajstić information content (AvgIpc) is 2.98. The van der Waals surface area contributed by atoms with Gasteiger partial charge in [-0.05, 0) is 104 Å². The highest BCUT2D eigenvalue weighted by atomic mass is 16.5. The van der Waals surface area contributed by atoms with Gasteiger partial charge in [0.25, 0.3) is 0 Å². The second-order valence-corrected chi connectivity index (χ2v) is 8.45. The van der Waals surface area contributed by atoms with Crippen LogP contribution in [0.3, 0.4) is 0 Å². The minimum absolute atomic E-state index is 0.639. The summed E-state index contributed by atoms with van der Waals surface area (Å²) in [5.74, 6) is 2.63. The van der Waals surface area contributed by atoms with E-state index >= 15 is 0 Å². The molecule has 3 aromatic rings. The molecule has 0 aliphatic carbocycles. The number of aryl methyl sites for hydroxylation is 1. The molecule has 39 heavy (non-hydrogen) atoms. The molecule has 0 bridgehead atoms. The lowest BCUT2D eigenvalue weighted by molar-refractivity contribution is -0.104. The second kappa shape index (κ2) is 21.1. The van der Waals surface area contributed by atoms with Gasteiger partial charge < -0.3 is 18.9 Å². The number of unbranched alkanes of at least 4 members (excludes halogenated alkanes) is 3. The first kappa shape index (κ1) is 33.1. The molecule has 0 atom stereocenters. The molecule has 0 unspecified atom stereocenters. The summed E-state index contributed by atoms with van der Waals surface area (Å²) >= 11 is 0. The highest BCUT2D eigenvalue weighted by molar-refractivity contribution is 5.74. The lowest BCUT2D eigenvalue weighted by atomic mass is 10.0. The molecule has 0 aromatic heterocycles. The molecule has 0 radical (unpaired) electrons. The molecule has 0 aliphatic rings. The van der Waals surface area contributed by atoms with Crippen LogP contribution >= 0.6 is 0 Å². The molecular formula is C33H42O6. The minimum Gasteiger partial charge on any atom is -0.497 e. The number of hydrogen-bond donors (Lipinski definition) is 0. The summed E-state index contributed by atoms with van der Waals surface area (Å²) in [6, 6.07) is 21.5. The highest BCUT2D eigenvalue weighted by Crippen LogP contribution is 2.28. The van der Waals surface area contributed by atoms with Crippen molar-refractivity contribution in [3.05, 3.63) is 90.5 Å². The molecule has 6 nitrogen and oxygen atoms in total. The lowest BCUT2D eigenvalue weighted by Crippen LogP contribution is -1.98. The van der Waals surface area contributed by atoms with Crippen molar-refractivity contribution in [3.63, 3.8) is 0 Å². The number of methoxy groups -OCH3 is 2. The molecular weight excluding hydrogens is 492 g/mol. The zero-order valence-electron chi connectivity index (χ0n) is 23.7. The van der Waals surface area contributed by atoms with Crippen LogP contribution in [0.15, 0.2) is 79.4 Å². The fraction of sp³-hybridized carbons (Fsp3) is 0.333. The predicted octanol–water partition coefficient (Wildman–Crippen LogP) is 7.53. The Kier molecular flexibility index (Phi) is 17.9. The smallest absolute Gasteiger partial charge is 0.150 e. The van der Waals surface area contributed by atoms with E-state index in [9.17, 15) is 4.79 Å². The Morgan fingerprint density at radius 2 is 1.31 bits per heavy atom. The van der Waals surface area contributed by atoms with Gasteiger partial charge in [0.1, 0.15) is 29.8 Å². The lowest BCUT2D eigenvalue weighted by Gasteiger charge is -2.09. The summed E-state index contributed by atoms with van der Waals surface area (Å²) < 4.78 is 21.2. The molecule has 0 saturated carbocycles. The van der Waals surface area contributed by atoms with E-state index in [1.165, 1.54) is 29.2 Å². The van der Waals surface area contributed by atoms with Crippen LogP contribution in [-0.4, -0.2) is 46.6 Å². The third-order valence-electron chi connectivity index (χ3n) is 5.53. The van der Waals surface area contributed by atoms with Crippen LogP contribution in [0.5, 0.6) is 17.2 Å². The number of allylic oxidation sites excluding steroid dienone is 1. The van der Waals surface area contributed by atoms with Crippen molar-refractivity contribution in [1.29, 1.82) is 0 Å². The van der Waals surface area contributed by atoms with Crippen molar-refractivity contribution in [3.8, 4) is 28.4 Å². The van der Waals surface area contributed by atoms with Crippen LogP contribution in [0.25, 0.3) is 11.1 Å². The van der Waals surface area contributed by atoms with Crippen LogP contribution < -0.4 is 14.2 Å². The van der Waals surface area contributed by atoms with Crippen LogP contribution in [0, 0.1) is 6.92 Å². The molecule has 6 heteroatoms. The van der Waals surface area contributed by atoms with Crippen molar-refractivity contribution >= 4 is 12.6 Å². The number of rotatable bonds is 14. The van der Waals surface area contributed by atoms with Crippen molar-refractivity contribution in [2.45, 2.75) is 39.5 Å². The first-order valence-electron chi connectivity index (χ1n) is 13.1. The van der Waals surface area contributed by atoms with Gasteiger partial charge in [0.2, 0.25) is 0 Å². The van der Waals surface area contributed by atoms with E-state index in [0.717, 1.165) is 56.0 Å². The fourth-order valence-corrected chi connectivity index (χ4v) is 3.52. The average molecular weight is 535 g/mol. The number of carbonyl (C=O) groups is 2. The molecule has 0 aliphatic heterocycles. The predicted molar refractivity (Wildman–Crippen MR) is 158 cm³/mol. The van der Waals surface area contributed by atoms with Gasteiger partial charge in [0, 0.05) is 19.3 Å². The highest BCUT2D eigenvalue weighted by Gasteiger charge is 2.04. The maximum atomic E-state index is 10.5. The molecule has 0 amide bonds. The number of hydrogen-bond acceptors (Lipinski definition) is 6. The Morgan fingerprint density at radius 1 is 0.744 bits per heavy atom. The molecule has 0 heterocycles. The Balaban J connectivity index is 0.000000344. The van der Waals surface area contributed by atoms with Gasteiger partial charge in [-0.2, -0.15) is 0 Å². The summed E-state index contributed by atoms with van der Waals surface area (Å²) in [6.07, 6.45) is 7.18. The summed E-state index contributed by atoms with van der Waals surface area (Å²) in [7, 11) is 3.41. The number of ether oxygens (including phenoxy) is 4.